The lowest BCUT2D eigenvalue weighted by Gasteiger charge is -2.48. The van der Waals surface area contributed by atoms with Gasteiger partial charge < -0.3 is 14.9 Å². The van der Waals surface area contributed by atoms with Crippen LogP contribution in [0.4, 0.5) is 0 Å². The Labute approximate surface area is 102 Å². The van der Waals surface area contributed by atoms with Crippen molar-refractivity contribution >= 4 is 0 Å². The van der Waals surface area contributed by atoms with Gasteiger partial charge in [0, 0.05) is 6.61 Å². The van der Waals surface area contributed by atoms with Crippen LogP contribution in [0.5, 0.6) is 0 Å². The Kier molecular flexibility index (Phi) is 2.75. The molecule has 0 radical (unpaired) electrons. The van der Waals surface area contributed by atoms with E-state index in [-0.39, 0.29) is 11.6 Å². The average molecular weight is 235 g/mol. The fraction of sp³-hybridized carbons (Fsp3) is 0.714. The molecule has 3 nitrogen and oxygen atoms in total. The Hall–Kier alpha value is -0.800. The number of hydrogen-bond acceptors (Lipinski definition) is 3. The first kappa shape index (κ1) is 11.3. The molecule has 1 aromatic rings. The van der Waals surface area contributed by atoms with E-state index in [0.717, 1.165) is 31.0 Å². The van der Waals surface area contributed by atoms with Gasteiger partial charge in [0.2, 0.25) is 0 Å². The molecule has 94 valence electrons. The number of furan rings is 1. The molecule has 1 spiro atoms. The second kappa shape index (κ2) is 4.14. The normalized spacial score (nSPS) is 28.9. The summed E-state index contributed by atoms with van der Waals surface area (Å²) in [6.45, 7) is 2.83. The molecule has 1 saturated carbocycles. The lowest BCUT2D eigenvalue weighted by molar-refractivity contribution is -0.146. The van der Waals surface area contributed by atoms with E-state index in [2.05, 4.69) is 0 Å². The lowest BCUT2D eigenvalue weighted by atomic mass is 9.70. The van der Waals surface area contributed by atoms with Gasteiger partial charge in [0.1, 0.15) is 11.5 Å². The van der Waals surface area contributed by atoms with Gasteiger partial charge in [-0.05, 0) is 57.1 Å². The van der Waals surface area contributed by atoms with Gasteiger partial charge >= 0.3 is 0 Å². The summed E-state index contributed by atoms with van der Waals surface area (Å²) >= 11 is 0. The third kappa shape index (κ3) is 2.02. The largest absolute Gasteiger partial charge is 0.465 e. The molecule has 17 heavy (non-hydrogen) atoms. The van der Waals surface area contributed by atoms with Crippen molar-refractivity contribution < 1.29 is 9.15 Å². The van der Waals surface area contributed by atoms with Crippen molar-refractivity contribution in [2.75, 3.05) is 6.61 Å². The van der Waals surface area contributed by atoms with Crippen molar-refractivity contribution in [2.24, 2.45) is 11.7 Å². The summed E-state index contributed by atoms with van der Waals surface area (Å²) in [5, 5.41) is 0. The molecule has 1 aliphatic heterocycles. The maximum Gasteiger partial charge on any atom is 0.121 e. The summed E-state index contributed by atoms with van der Waals surface area (Å²) in [4.78, 5) is 0. The number of ether oxygens (including phenoxy) is 1. The predicted molar refractivity (Wildman–Crippen MR) is 65.6 cm³/mol. The van der Waals surface area contributed by atoms with E-state index < -0.39 is 0 Å². The van der Waals surface area contributed by atoms with Crippen LogP contribution in [0, 0.1) is 12.8 Å². The quantitative estimate of drug-likeness (QED) is 0.857. The molecule has 0 amide bonds. The molecule has 3 heteroatoms. The van der Waals surface area contributed by atoms with Crippen molar-refractivity contribution in [2.45, 2.75) is 50.7 Å². The molecule has 3 rings (SSSR count). The molecule has 2 aliphatic rings. The minimum Gasteiger partial charge on any atom is -0.465 e. The second-order valence-electron chi connectivity index (χ2n) is 5.61. The third-order valence-electron chi connectivity index (χ3n) is 4.39. The van der Waals surface area contributed by atoms with Crippen molar-refractivity contribution in [1.29, 1.82) is 0 Å². The minimum absolute atomic E-state index is 0.0325. The summed E-state index contributed by atoms with van der Waals surface area (Å²) < 4.78 is 11.6. The average Bonchev–Trinajstić information content (AvgIpc) is 2.73. The zero-order valence-electron chi connectivity index (χ0n) is 10.4. The van der Waals surface area contributed by atoms with Crippen LogP contribution < -0.4 is 5.73 Å². The number of hydrogen-bond donors (Lipinski definition) is 1. The van der Waals surface area contributed by atoms with Crippen molar-refractivity contribution in [1.82, 2.24) is 0 Å². The first-order chi connectivity index (χ1) is 8.19. The number of rotatable bonds is 2. The van der Waals surface area contributed by atoms with E-state index in [9.17, 15) is 0 Å². The van der Waals surface area contributed by atoms with Crippen molar-refractivity contribution in [3.63, 3.8) is 0 Å². The first-order valence-corrected chi connectivity index (χ1v) is 6.64. The van der Waals surface area contributed by atoms with Gasteiger partial charge in [-0.2, -0.15) is 0 Å². The topological polar surface area (TPSA) is 48.4 Å². The number of nitrogens with two attached hydrogens (primary N) is 1. The molecule has 0 bridgehead atoms. The fourth-order valence-electron chi connectivity index (χ4n) is 3.16. The predicted octanol–water partition coefficient (Wildman–Crippen LogP) is 2.94. The van der Waals surface area contributed by atoms with E-state index in [1.165, 1.54) is 19.3 Å². The van der Waals surface area contributed by atoms with E-state index >= 15 is 0 Å². The summed E-state index contributed by atoms with van der Waals surface area (Å²) in [6.07, 6.45) is 5.90. The Bertz CT molecular complexity index is 395. The van der Waals surface area contributed by atoms with Crippen molar-refractivity contribution in [3.8, 4) is 0 Å². The van der Waals surface area contributed by atoms with Gasteiger partial charge in [0.05, 0.1) is 11.6 Å². The lowest BCUT2D eigenvalue weighted by Crippen LogP contribution is -2.47. The Morgan fingerprint density at radius 2 is 2.24 bits per heavy atom. The highest BCUT2D eigenvalue weighted by Gasteiger charge is 2.44. The molecule has 2 atom stereocenters. The van der Waals surface area contributed by atoms with Gasteiger partial charge in [-0.25, -0.2) is 0 Å². The molecule has 2 heterocycles. The zero-order valence-corrected chi connectivity index (χ0v) is 10.4. The Morgan fingerprint density at radius 3 is 2.82 bits per heavy atom. The van der Waals surface area contributed by atoms with Gasteiger partial charge in [-0.1, -0.05) is 0 Å². The standard InChI is InChI=1S/C14H21NO2/c1-10-3-4-12(17-10)13(15)11-5-8-16-14(9-11)6-2-7-14/h3-4,11,13H,2,5-9,15H2,1H3. The first-order valence-electron chi connectivity index (χ1n) is 6.64. The smallest absolute Gasteiger partial charge is 0.121 e. The molecule has 2 fully saturated rings. The summed E-state index contributed by atoms with van der Waals surface area (Å²) in [5.74, 6) is 2.39. The van der Waals surface area contributed by atoms with Crippen LogP contribution in [-0.4, -0.2) is 12.2 Å². The molecule has 2 unspecified atom stereocenters. The maximum atomic E-state index is 6.33. The van der Waals surface area contributed by atoms with Crippen LogP contribution in [0.1, 0.15) is 49.7 Å². The van der Waals surface area contributed by atoms with E-state index in [0.29, 0.717) is 5.92 Å². The van der Waals surface area contributed by atoms with Crippen LogP contribution in [-0.2, 0) is 4.74 Å². The highest BCUT2D eigenvalue weighted by molar-refractivity contribution is 5.11. The molecule has 2 N–H and O–H groups in total. The Balaban J connectivity index is 1.71. The fourth-order valence-corrected chi connectivity index (χ4v) is 3.16. The molecule has 1 saturated heterocycles. The van der Waals surface area contributed by atoms with Crippen LogP contribution in [0.15, 0.2) is 16.5 Å². The third-order valence-corrected chi connectivity index (χ3v) is 4.39. The highest BCUT2D eigenvalue weighted by Crippen LogP contribution is 2.46. The SMILES string of the molecule is Cc1ccc(C(N)C2CCOC3(CCC3)C2)o1. The van der Waals surface area contributed by atoms with Gasteiger partial charge in [0.25, 0.3) is 0 Å². The molecule has 1 aromatic heterocycles. The summed E-state index contributed by atoms with van der Waals surface area (Å²) in [6, 6.07) is 4.04. The molecule has 1 aliphatic carbocycles. The molecular weight excluding hydrogens is 214 g/mol. The van der Waals surface area contributed by atoms with E-state index in [1.807, 2.05) is 19.1 Å². The minimum atomic E-state index is 0.0325. The van der Waals surface area contributed by atoms with Crippen LogP contribution in [0.3, 0.4) is 0 Å². The van der Waals surface area contributed by atoms with E-state index in [1.54, 1.807) is 0 Å². The van der Waals surface area contributed by atoms with Gasteiger partial charge in [-0.15, -0.1) is 0 Å². The number of aryl methyl sites for hydroxylation is 1. The van der Waals surface area contributed by atoms with Crippen LogP contribution in [0.2, 0.25) is 0 Å². The monoisotopic (exact) mass is 235 g/mol. The van der Waals surface area contributed by atoms with Gasteiger partial charge in [0.15, 0.2) is 0 Å². The van der Waals surface area contributed by atoms with Crippen LogP contribution >= 0.6 is 0 Å². The second-order valence-corrected chi connectivity index (χ2v) is 5.61. The summed E-state index contributed by atoms with van der Waals surface area (Å²) in [7, 11) is 0. The van der Waals surface area contributed by atoms with Gasteiger partial charge in [-0.3, -0.25) is 0 Å². The molecule has 0 aromatic carbocycles. The van der Waals surface area contributed by atoms with E-state index in [4.69, 9.17) is 14.9 Å². The molecular formula is C14H21NO2. The summed E-state index contributed by atoms with van der Waals surface area (Å²) in [5.41, 5.74) is 6.50. The maximum absolute atomic E-state index is 6.33. The zero-order chi connectivity index (χ0) is 11.9. The van der Waals surface area contributed by atoms with Crippen molar-refractivity contribution in [3.05, 3.63) is 23.7 Å². The Morgan fingerprint density at radius 1 is 1.41 bits per heavy atom. The highest BCUT2D eigenvalue weighted by atomic mass is 16.5. The van der Waals surface area contributed by atoms with Crippen LogP contribution in [0.25, 0.3) is 0 Å².